The predicted octanol–water partition coefficient (Wildman–Crippen LogP) is 3.97. The Morgan fingerprint density at radius 3 is 2.76 bits per heavy atom. The van der Waals surface area contributed by atoms with E-state index in [1.54, 1.807) is 37.1 Å². The molecule has 1 unspecified atom stereocenters. The Balaban J connectivity index is 1.64. The number of carbonyl (C=O) groups is 1. The third-order valence-corrected chi connectivity index (χ3v) is 7.16. The molecule has 3 heterocycles. The summed E-state index contributed by atoms with van der Waals surface area (Å²) in [7, 11) is 4.86. The van der Waals surface area contributed by atoms with Gasteiger partial charge in [-0.1, -0.05) is 6.07 Å². The Morgan fingerprint density at radius 2 is 2.05 bits per heavy atom. The summed E-state index contributed by atoms with van der Waals surface area (Å²) in [5.41, 5.74) is 9.08. The molecule has 2 aromatic carbocycles. The highest BCUT2D eigenvalue weighted by molar-refractivity contribution is 6.10. The Labute approximate surface area is 236 Å². The normalized spacial score (nSPS) is 15.7. The second-order valence-corrected chi connectivity index (χ2v) is 9.63. The molecule has 1 aliphatic rings. The topological polar surface area (TPSA) is 145 Å². The lowest BCUT2D eigenvalue weighted by molar-refractivity contribution is 0.0695. The average Bonchev–Trinajstić information content (AvgIpc) is 3.62. The molecule has 41 heavy (non-hydrogen) atoms. The van der Waals surface area contributed by atoms with Gasteiger partial charge in [-0.25, -0.2) is 4.79 Å². The number of ether oxygens (including phenoxy) is 2. The van der Waals surface area contributed by atoms with Gasteiger partial charge in [-0.2, -0.15) is 4.98 Å². The number of anilines is 1. The van der Waals surface area contributed by atoms with Crippen molar-refractivity contribution in [2.45, 2.75) is 18.9 Å². The standard InChI is InChI=1S/C30H31N5O6/c1-32-15-19(14-31)22-8-6-18(11-27(22)40-3)25-13-26(36)23(29(37)38)16-35(25)20-7-9-24-28(12-20)41-30(33-24)34-10-4-5-21(34)17-39-2/h6-9,11-16,21H,4-5,10,17,31H2,1-3H3,(H,37,38). The van der Waals surface area contributed by atoms with E-state index >= 15 is 0 Å². The fraction of sp³-hybridized carbons (Fsp3) is 0.267. The Kier molecular flexibility index (Phi) is 7.88. The van der Waals surface area contributed by atoms with Crippen molar-refractivity contribution in [3.63, 3.8) is 0 Å². The number of oxazole rings is 1. The molecule has 0 amide bonds. The van der Waals surface area contributed by atoms with Crippen molar-refractivity contribution in [2.24, 2.45) is 10.7 Å². The summed E-state index contributed by atoms with van der Waals surface area (Å²) >= 11 is 0. The quantitative estimate of drug-likeness (QED) is 0.292. The van der Waals surface area contributed by atoms with E-state index in [9.17, 15) is 14.7 Å². The van der Waals surface area contributed by atoms with Crippen LogP contribution >= 0.6 is 0 Å². The molecule has 11 nitrogen and oxygen atoms in total. The first-order valence-electron chi connectivity index (χ1n) is 13.1. The molecule has 1 aliphatic heterocycles. The molecule has 11 heteroatoms. The Morgan fingerprint density at radius 1 is 1.22 bits per heavy atom. The highest BCUT2D eigenvalue weighted by atomic mass is 16.5. The largest absolute Gasteiger partial charge is 0.496 e. The first kappa shape index (κ1) is 27.7. The molecule has 0 radical (unpaired) electrons. The van der Waals surface area contributed by atoms with Crippen molar-refractivity contribution < 1.29 is 23.8 Å². The van der Waals surface area contributed by atoms with Gasteiger partial charge in [0.1, 0.15) is 16.8 Å². The van der Waals surface area contributed by atoms with E-state index in [0.717, 1.165) is 19.4 Å². The second kappa shape index (κ2) is 11.7. The van der Waals surface area contributed by atoms with Crippen molar-refractivity contribution in [2.75, 3.05) is 39.3 Å². The van der Waals surface area contributed by atoms with Crippen LogP contribution in [0.25, 0.3) is 33.6 Å². The molecular weight excluding hydrogens is 526 g/mol. The van der Waals surface area contributed by atoms with E-state index in [-0.39, 0.29) is 11.6 Å². The molecule has 3 N–H and O–H groups in total. The van der Waals surface area contributed by atoms with Crippen molar-refractivity contribution >= 4 is 34.9 Å². The Bertz CT molecular complexity index is 1720. The molecule has 1 saturated heterocycles. The van der Waals surface area contributed by atoms with Gasteiger partial charge in [0.05, 0.1) is 25.5 Å². The van der Waals surface area contributed by atoms with Crippen LogP contribution in [-0.4, -0.2) is 67.3 Å². The smallest absolute Gasteiger partial charge is 0.341 e. The lowest BCUT2D eigenvalue weighted by Crippen LogP contribution is -2.32. The number of rotatable bonds is 9. The molecular formula is C30H31N5O6. The number of hydrogen-bond acceptors (Lipinski definition) is 9. The predicted molar refractivity (Wildman–Crippen MR) is 157 cm³/mol. The fourth-order valence-electron chi connectivity index (χ4n) is 5.19. The van der Waals surface area contributed by atoms with E-state index in [1.807, 2.05) is 24.3 Å². The summed E-state index contributed by atoms with van der Waals surface area (Å²) in [5, 5.41) is 9.71. The van der Waals surface area contributed by atoms with Gasteiger partial charge in [0.25, 0.3) is 6.01 Å². The summed E-state index contributed by atoms with van der Waals surface area (Å²) in [6.45, 7) is 1.40. The van der Waals surface area contributed by atoms with E-state index < -0.39 is 11.4 Å². The maximum Gasteiger partial charge on any atom is 0.341 e. The minimum absolute atomic E-state index is 0.187. The average molecular weight is 558 g/mol. The zero-order valence-corrected chi connectivity index (χ0v) is 23.0. The molecule has 0 bridgehead atoms. The van der Waals surface area contributed by atoms with Gasteiger partial charge in [-0.05, 0) is 37.1 Å². The van der Waals surface area contributed by atoms with Gasteiger partial charge in [-0.3, -0.25) is 9.79 Å². The minimum Gasteiger partial charge on any atom is -0.496 e. The monoisotopic (exact) mass is 557 g/mol. The molecule has 0 aliphatic carbocycles. The van der Waals surface area contributed by atoms with Gasteiger partial charge in [-0.15, -0.1) is 0 Å². The van der Waals surface area contributed by atoms with Gasteiger partial charge in [0.15, 0.2) is 11.0 Å². The van der Waals surface area contributed by atoms with Crippen LogP contribution in [0.5, 0.6) is 5.75 Å². The zero-order valence-electron chi connectivity index (χ0n) is 23.0. The van der Waals surface area contributed by atoms with Gasteiger partial charge >= 0.3 is 5.97 Å². The fourth-order valence-corrected chi connectivity index (χ4v) is 5.19. The van der Waals surface area contributed by atoms with Crippen molar-refractivity contribution in [1.29, 1.82) is 0 Å². The third kappa shape index (κ3) is 5.31. The molecule has 0 saturated carbocycles. The van der Waals surface area contributed by atoms with E-state index in [4.69, 9.17) is 19.6 Å². The van der Waals surface area contributed by atoms with Crippen LogP contribution < -0.4 is 20.8 Å². The van der Waals surface area contributed by atoms with E-state index in [0.29, 0.717) is 57.6 Å². The summed E-state index contributed by atoms with van der Waals surface area (Å²) in [5.74, 6) is -0.812. The second-order valence-electron chi connectivity index (χ2n) is 9.63. The maximum absolute atomic E-state index is 12.8. The first-order valence-corrected chi connectivity index (χ1v) is 13.1. The van der Waals surface area contributed by atoms with E-state index in [2.05, 4.69) is 14.9 Å². The maximum atomic E-state index is 12.8. The summed E-state index contributed by atoms with van der Waals surface area (Å²) in [6.07, 6.45) is 6.39. The number of aromatic nitrogens is 2. The number of nitrogens with two attached hydrogens (primary N) is 1. The number of aromatic carboxylic acids is 1. The number of nitrogens with zero attached hydrogens (tertiary/aromatic N) is 4. The third-order valence-electron chi connectivity index (χ3n) is 7.16. The number of carboxylic acids is 1. The number of hydrogen-bond donors (Lipinski definition) is 2. The van der Waals surface area contributed by atoms with Gasteiger partial charge in [0, 0.05) is 73.8 Å². The lowest BCUT2D eigenvalue weighted by atomic mass is 10.0. The summed E-state index contributed by atoms with van der Waals surface area (Å²) < 4.78 is 18.8. The Hall–Kier alpha value is -4.90. The van der Waals surface area contributed by atoms with Gasteiger partial charge in [0.2, 0.25) is 0 Å². The van der Waals surface area contributed by atoms with Crippen LogP contribution in [0.2, 0.25) is 0 Å². The number of fused-ring (bicyclic) bond motifs is 1. The number of aliphatic imine (C=N–C) groups is 1. The molecule has 212 valence electrons. The number of pyridine rings is 1. The van der Waals surface area contributed by atoms with Crippen LogP contribution in [-0.2, 0) is 4.74 Å². The van der Waals surface area contributed by atoms with Crippen LogP contribution in [0.3, 0.4) is 0 Å². The first-order chi connectivity index (χ1) is 19.9. The van der Waals surface area contributed by atoms with Gasteiger partial charge < -0.3 is 34.2 Å². The minimum atomic E-state index is -1.32. The lowest BCUT2D eigenvalue weighted by Gasteiger charge is -2.21. The SMILES string of the molecule is CN=CC(=CN)c1ccc(-c2cc(=O)c(C(=O)O)cn2-c2ccc3nc(N4CCCC4COC)oc3c2)cc1OC. The van der Waals surface area contributed by atoms with E-state index in [1.165, 1.54) is 25.6 Å². The molecule has 1 atom stereocenters. The molecule has 2 aromatic heterocycles. The molecule has 1 fully saturated rings. The van der Waals surface area contributed by atoms with Crippen LogP contribution in [0.4, 0.5) is 6.01 Å². The molecule has 4 aromatic rings. The number of benzene rings is 2. The van der Waals surface area contributed by atoms with Crippen LogP contribution in [0.15, 0.2) is 69.1 Å². The highest BCUT2D eigenvalue weighted by Gasteiger charge is 2.28. The van der Waals surface area contributed by atoms with Crippen LogP contribution in [0.1, 0.15) is 28.8 Å². The number of allylic oxidation sites excluding steroid dienone is 1. The summed E-state index contributed by atoms with van der Waals surface area (Å²) in [4.78, 5) is 35.6. The molecule has 0 spiro atoms. The number of methoxy groups -OCH3 is 2. The van der Waals surface area contributed by atoms with Crippen molar-refractivity contribution in [3.05, 3.63) is 76.2 Å². The van der Waals surface area contributed by atoms with Crippen molar-refractivity contribution in [3.8, 4) is 22.7 Å². The summed E-state index contributed by atoms with van der Waals surface area (Å²) in [6, 6.07) is 12.8. The van der Waals surface area contributed by atoms with Crippen molar-refractivity contribution in [1.82, 2.24) is 9.55 Å². The zero-order chi connectivity index (χ0) is 29.1. The molecule has 5 rings (SSSR count). The number of carboxylic acid groups (broad SMARTS) is 1. The van der Waals surface area contributed by atoms with Crippen LogP contribution in [0, 0.1) is 0 Å². The highest BCUT2D eigenvalue weighted by Crippen LogP contribution is 2.33.